The van der Waals surface area contributed by atoms with E-state index in [9.17, 15) is 0 Å². The molecule has 0 spiro atoms. The van der Waals surface area contributed by atoms with E-state index in [-0.39, 0.29) is 0 Å². The molecule has 0 bridgehead atoms. The first-order valence-electron chi connectivity index (χ1n) is 7.22. The molecular weight excluding hydrogens is 222 g/mol. The summed E-state index contributed by atoms with van der Waals surface area (Å²) in [6.45, 7) is 5.29. The molecule has 100 valence electrons. The maximum absolute atomic E-state index is 5.48. The van der Waals surface area contributed by atoms with Crippen molar-refractivity contribution in [3.63, 3.8) is 0 Å². The molecule has 0 amide bonds. The number of benzene rings is 1. The fraction of sp³-hybridized carbons (Fsp3) is 0.625. The molecule has 2 rings (SSSR count). The van der Waals surface area contributed by atoms with Gasteiger partial charge in [-0.15, -0.1) is 0 Å². The molecule has 2 heteroatoms. The summed E-state index contributed by atoms with van der Waals surface area (Å²) in [7, 11) is 0. The summed E-state index contributed by atoms with van der Waals surface area (Å²) in [5.74, 6) is 0.640. The molecule has 1 aromatic carbocycles. The van der Waals surface area contributed by atoms with Crippen LogP contribution in [0.5, 0.6) is 0 Å². The standard InChI is InChI=1S/C16H25NO/c1-14(15-6-3-2-4-7-15)9-11-17-16-8-5-12-18-13-10-16/h2-4,6-7,14,16-17H,5,8-13H2,1H3. The molecule has 1 aromatic rings. The van der Waals surface area contributed by atoms with Gasteiger partial charge in [0.05, 0.1) is 0 Å². The number of rotatable bonds is 5. The van der Waals surface area contributed by atoms with Gasteiger partial charge in [-0.1, -0.05) is 37.3 Å². The van der Waals surface area contributed by atoms with Crippen LogP contribution in [0, 0.1) is 0 Å². The van der Waals surface area contributed by atoms with Crippen LogP contribution in [0.1, 0.15) is 44.1 Å². The molecular formula is C16H25NO. The third-order valence-corrected chi connectivity index (χ3v) is 3.83. The molecule has 0 radical (unpaired) electrons. The summed E-state index contributed by atoms with van der Waals surface area (Å²) in [6, 6.07) is 11.5. The minimum atomic E-state index is 0.640. The van der Waals surface area contributed by atoms with Gasteiger partial charge in [-0.25, -0.2) is 0 Å². The fourth-order valence-electron chi connectivity index (χ4n) is 2.56. The van der Waals surface area contributed by atoms with Crippen molar-refractivity contribution in [2.75, 3.05) is 19.8 Å². The molecule has 2 atom stereocenters. The first kappa shape index (κ1) is 13.6. The smallest absolute Gasteiger partial charge is 0.0480 e. The topological polar surface area (TPSA) is 21.3 Å². The highest BCUT2D eigenvalue weighted by Gasteiger charge is 2.12. The highest BCUT2D eigenvalue weighted by Crippen LogP contribution is 2.18. The van der Waals surface area contributed by atoms with Crippen molar-refractivity contribution in [1.29, 1.82) is 0 Å². The van der Waals surface area contributed by atoms with Gasteiger partial charge < -0.3 is 10.1 Å². The van der Waals surface area contributed by atoms with Crippen molar-refractivity contribution >= 4 is 0 Å². The highest BCUT2D eigenvalue weighted by molar-refractivity contribution is 5.18. The average molecular weight is 247 g/mol. The lowest BCUT2D eigenvalue weighted by molar-refractivity contribution is 0.142. The van der Waals surface area contributed by atoms with Gasteiger partial charge in [0.15, 0.2) is 0 Å². The minimum absolute atomic E-state index is 0.640. The van der Waals surface area contributed by atoms with Gasteiger partial charge in [0.1, 0.15) is 0 Å². The van der Waals surface area contributed by atoms with Crippen LogP contribution in [0.25, 0.3) is 0 Å². The molecule has 1 N–H and O–H groups in total. The first-order chi connectivity index (χ1) is 8.86. The summed E-state index contributed by atoms with van der Waals surface area (Å²) in [4.78, 5) is 0. The van der Waals surface area contributed by atoms with E-state index in [0.717, 1.165) is 19.8 Å². The molecule has 2 nitrogen and oxygen atoms in total. The lowest BCUT2D eigenvalue weighted by atomic mass is 9.97. The summed E-state index contributed by atoms with van der Waals surface area (Å²) in [5.41, 5.74) is 1.45. The second-order valence-corrected chi connectivity index (χ2v) is 5.29. The average Bonchev–Trinajstić information content (AvgIpc) is 2.68. The van der Waals surface area contributed by atoms with E-state index in [1.54, 1.807) is 0 Å². The Morgan fingerprint density at radius 1 is 1.22 bits per heavy atom. The second kappa shape index (κ2) is 7.55. The van der Waals surface area contributed by atoms with E-state index in [0.29, 0.717) is 12.0 Å². The normalized spacial score (nSPS) is 22.4. The molecule has 0 saturated carbocycles. The minimum Gasteiger partial charge on any atom is -0.381 e. The van der Waals surface area contributed by atoms with Crippen molar-refractivity contribution in [2.45, 2.75) is 44.6 Å². The third kappa shape index (κ3) is 4.43. The van der Waals surface area contributed by atoms with Crippen molar-refractivity contribution in [1.82, 2.24) is 5.32 Å². The van der Waals surface area contributed by atoms with E-state index < -0.39 is 0 Å². The maximum atomic E-state index is 5.48. The van der Waals surface area contributed by atoms with E-state index in [1.165, 1.54) is 31.2 Å². The molecule has 0 aliphatic carbocycles. The van der Waals surface area contributed by atoms with Crippen molar-refractivity contribution in [3.05, 3.63) is 35.9 Å². The van der Waals surface area contributed by atoms with Gasteiger partial charge >= 0.3 is 0 Å². The molecule has 1 saturated heterocycles. The van der Waals surface area contributed by atoms with Gasteiger partial charge in [-0.05, 0) is 43.7 Å². The Labute approximate surface area is 111 Å². The van der Waals surface area contributed by atoms with Crippen molar-refractivity contribution in [2.24, 2.45) is 0 Å². The lowest BCUT2D eigenvalue weighted by Crippen LogP contribution is -2.30. The van der Waals surface area contributed by atoms with E-state index >= 15 is 0 Å². The summed E-state index contributed by atoms with van der Waals surface area (Å²) in [5, 5.41) is 3.68. The van der Waals surface area contributed by atoms with Crippen LogP contribution >= 0.6 is 0 Å². The SMILES string of the molecule is CC(CCNC1CCCOCC1)c1ccccc1. The van der Waals surface area contributed by atoms with Gasteiger partial charge in [0.25, 0.3) is 0 Å². The molecule has 2 unspecified atom stereocenters. The van der Waals surface area contributed by atoms with Crippen molar-refractivity contribution in [3.8, 4) is 0 Å². The summed E-state index contributed by atoms with van der Waals surface area (Å²) < 4.78 is 5.48. The van der Waals surface area contributed by atoms with Crippen LogP contribution in [-0.4, -0.2) is 25.8 Å². The summed E-state index contributed by atoms with van der Waals surface area (Å²) in [6.07, 6.45) is 4.84. The third-order valence-electron chi connectivity index (χ3n) is 3.83. The van der Waals surface area contributed by atoms with E-state index in [2.05, 4.69) is 42.6 Å². The number of hydrogen-bond donors (Lipinski definition) is 1. The van der Waals surface area contributed by atoms with Gasteiger partial charge in [-0.3, -0.25) is 0 Å². The zero-order valence-corrected chi connectivity index (χ0v) is 11.4. The molecule has 1 aliphatic heterocycles. The number of nitrogens with one attached hydrogen (secondary N) is 1. The second-order valence-electron chi connectivity index (χ2n) is 5.29. The number of hydrogen-bond acceptors (Lipinski definition) is 2. The lowest BCUT2D eigenvalue weighted by Gasteiger charge is -2.18. The highest BCUT2D eigenvalue weighted by atomic mass is 16.5. The Hall–Kier alpha value is -0.860. The molecule has 0 aromatic heterocycles. The monoisotopic (exact) mass is 247 g/mol. The Kier molecular flexibility index (Phi) is 5.69. The molecule has 1 fully saturated rings. The molecule has 18 heavy (non-hydrogen) atoms. The maximum Gasteiger partial charge on any atom is 0.0480 e. The Balaban J connectivity index is 1.68. The van der Waals surface area contributed by atoms with Crippen LogP contribution in [-0.2, 0) is 4.74 Å². The van der Waals surface area contributed by atoms with Crippen LogP contribution in [0.2, 0.25) is 0 Å². The molecule has 1 heterocycles. The van der Waals surface area contributed by atoms with Crippen LogP contribution < -0.4 is 5.32 Å². The predicted molar refractivity (Wildman–Crippen MR) is 75.9 cm³/mol. The zero-order chi connectivity index (χ0) is 12.6. The Morgan fingerprint density at radius 3 is 2.89 bits per heavy atom. The predicted octanol–water partition coefficient (Wildman–Crippen LogP) is 3.34. The summed E-state index contributed by atoms with van der Waals surface area (Å²) >= 11 is 0. The largest absolute Gasteiger partial charge is 0.381 e. The zero-order valence-electron chi connectivity index (χ0n) is 11.4. The quantitative estimate of drug-likeness (QED) is 0.861. The van der Waals surface area contributed by atoms with Crippen LogP contribution in [0.3, 0.4) is 0 Å². The van der Waals surface area contributed by atoms with Gasteiger partial charge in [0.2, 0.25) is 0 Å². The Morgan fingerprint density at radius 2 is 2.06 bits per heavy atom. The van der Waals surface area contributed by atoms with E-state index in [4.69, 9.17) is 4.74 Å². The first-order valence-corrected chi connectivity index (χ1v) is 7.22. The van der Waals surface area contributed by atoms with Gasteiger partial charge in [-0.2, -0.15) is 0 Å². The van der Waals surface area contributed by atoms with Gasteiger partial charge in [0, 0.05) is 19.3 Å². The van der Waals surface area contributed by atoms with Crippen LogP contribution in [0.15, 0.2) is 30.3 Å². The van der Waals surface area contributed by atoms with Crippen molar-refractivity contribution < 1.29 is 4.74 Å². The van der Waals surface area contributed by atoms with Crippen LogP contribution in [0.4, 0.5) is 0 Å². The fourth-order valence-corrected chi connectivity index (χ4v) is 2.56. The number of ether oxygens (including phenoxy) is 1. The Bertz CT molecular complexity index is 317. The molecule has 1 aliphatic rings. The van der Waals surface area contributed by atoms with E-state index in [1.807, 2.05) is 0 Å².